The van der Waals surface area contributed by atoms with Gasteiger partial charge in [-0.2, -0.15) is 5.10 Å². The van der Waals surface area contributed by atoms with Crippen LogP contribution in [0.1, 0.15) is 23.3 Å². The summed E-state index contributed by atoms with van der Waals surface area (Å²) in [7, 11) is 1.65. The molecule has 0 saturated carbocycles. The summed E-state index contributed by atoms with van der Waals surface area (Å²) in [5, 5.41) is 8.80. The molecule has 1 aliphatic heterocycles. The number of carbonyl (C=O) groups excluding carboxylic acids is 1. The molecule has 0 bridgehead atoms. The van der Waals surface area contributed by atoms with Gasteiger partial charge in [0.25, 0.3) is 0 Å². The number of fused-ring (bicyclic) bond motifs is 4. The third-order valence-electron chi connectivity index (χ3n) is 6.33. The van der Waals surface area contributed by atoms with Crippen molar-refractivity contribution in [3.05, 3.63) is 41.3 Å². The van der Waals surface area contributed by atoms with E-state index in [4.69, 9.17) is 4.74 Å². The highest BCUT2D eigenvalue weighted by Crippen LogP contribution is 2.41. The van der Waals surface area contributed by atoms with Gasteiger partial charge in [0.15, 0.2) is 5.75 Å². The monoisotopic (exact) mass is 434 g/mol. The van der Waals surface area contributed by atoms with Crippen LogP contribution in [0.2, 0.25) is 0 Å². The average molecular weight is 435 g/mol. The Morgan fingerprint density at radius 2 is 2.23 bits per heavy atom. The van der Waals surface area contributed by atoms with Crippen LogP contribution < -0.4 is 10.1 Å². The van der Waals surface area contributed by atoms with Crippen molar-refractivity contribution in [2.75, 3.05) is 25.5 Å². The summed E-state index contributed by atoms with van der Waals surface area (Å²) in [6, 6.07) is 3.95. The number of rotatable bonds is 4. The number of hydrogen-bond donors (Lipinski definition) is 1. The number of pyridine rings is 1. The molecule has 1 N–H and O–H groups in total. The van der Waals surface area contributed by atoms with Gasteiger partial charge in [0, 0.05) is 30.1 Å². The molecule has 9 heteroatoms. The Balaban J connectivity index is 1.37. The Kier molecular flexibility index (Phi) is 4.31. The van der Waals surface area contributed by atoms with E-state index in [0.717, 1.165) is 66.0 Å². The SMILES string of the molecule is COc1cn2nccc2cc1Nc1ncnc2sc3c(c12)CC[C@H](C(=O)N1CCC1)C3. The molecule has 2 aliphatic rings. The van der Waals surface area contributed by atoms with Crippen molar-refractivity contribution in [1.82, 2.24) is 24.5 Å². The number of aromatic nitrogens is 4. The van der Waals surface area contributed by atoms with Gasteiger partial charge in [0.2, 0.25) is 5.91 Å². The van der Waals surface area contributed by atoms with Gasteiger partial charge < -0.3 is 15.0 Å². The van der Waals surface area contributed by atoms with Gasteiger partial charge in [0.05, 0.1) is 29.9 Å². The van der Waals surface area contributed by atoms with E-state index in [1.54, 1.807) is 35.5 Å². The first-order chi connectivity index (χ1) is 15.2. The van der Waals surface area contributed by atoms with Crippen LogP contribution in [0.15, 0.2) is 30.9 Å². The van der Waals surface area contributed by atoms with Crippen LogP contribution in [0, 0.1) is 5.92 Å². The minimum Gasteiger partial charge on any atom is -0.493 e. The molecule has 1 amide bonds. The number of nitrogens with zero attached hydrogens (tertiary/aromatic N) is 5. The second kappa shape index (κ2) is 7.19. The first-order valence-corrected chi connectivity index (χ1v) is 11.4. The van der Waals surface area contributed by atoms with E-state index in [9.17, 15) is 4.79 Å². The molecule has 0 spiro atoms. The molecule has 158 valence electrons. The first-order valence-electron chi connectivity index (χ1n) is 10.5. The summed E-state index contributed by atoms with van der Waals surface area (Å²) >= 11 is 1.69. The summed E-state index contributed by atoms with van der Waals surface area (Å²) in [6.07, 6.45) is 8.90. The third-order valence-corrected chi connectivity index (χ3v) is 7.50. The van der Waals surface area contributed by atoms with Crippen LogP contribution in [-0.4, -0.2) is 50.6 Å². The minimum absolute atomic E-state index is 0.0922. The fraction of sp³-hybridized carbons (Fsp3) is 0.364. The van der Waals surface area contributed by atoms with Crippen LogP contribution in [0.3, 0.4) is 0 Å². The molecule has 1 saturated heterocycles. The zero-order chi connectivity index (χ0) is 20.9. The van der Waals surface area contributed by atoms with Crippen LogP contribution >= 0.6 is 11.3 Å². The molecule has 31 heavy (non-hydrogen) atoms. The van der Waals surface area contributed by atoms with Crippen LogP contribution in [0.5, 0.6) is 5.75 Å². The van der Waals surface area contributed by atoms with E-state index in [-0.39, 0.29) is 5.92 Å². The topological polar surface area (TPSA) is 84.6 Å². The lowest BCUT2D eigenvalue weighted by Crippen LogP contribution is -2.46. The molecule has 5 heterocycles. The van der Waals surface area contributed by atoms with E-state index >= 15 is 0 Å². The lowest BCUT2D eigenvalue weighted by molar-refractivity contribution is -0.139. The summed E-state index contributed by atoms with van der Waals surface area (Å²) < 4.78 is 7.35. The Hall–Kier alpha value is -3.20. The van der Waals surface area contributed by atoms with Gasteiger partial charge in [-0.05, 0) is 43.4 Å². The summed E-state index contributed by atoms with van der Waals surface area (Å²) in [4.78, 5) is 26.1. The van der Waals surface area contributed by atoms with E-state index < -0.39 is 0 Å². The van der Waals surface area contributed by atoms with E-state index in [2.05, 4.69) is 20.4 Å². The van der Waals surface area contributed by atoms with Crippen molar-refractivity contribution < 1.29 is 9.53 Å². The number of methoxy groups -OCH3 is 1. The number of aryl methyl sites for hydroxylation is 1. The molecule has 6 rings (SSSR count). The number of anilines is 2. The van der Waals surface area contributed by atoms with E-state index in [1.807, 2.05) is 23.2 Å². The van der Waals surface area contributed by atoms with Gasteiger partial charge in [-0.1, -0.05) is 0 Å². The Labute approximate surface area is 182 Å². The zero-order valence-corrected chi connectivity index (χ0v) is 18.0. The van der Waals surface area contributed by atoms with Crippen molar-refractivity contribution in [3.8, 4) is 5.75 Å². The quantitative estimate of drug-likeness (QED) is 0.530. The average Bonchev–Trinajstić information content (AvgIpc) is 3.35. The van der Waals surface area contributed by atoms with Gasteiger partial charge in [-0.3, -0.25) is 4.79 Å². The lowest BCUT2D eigenvalue weighted by atomic mass is 9.86. The maximum atomic E-state index is 12.7. The zero-order valence-electron chi connectivity index (χ0n) is 17.2. The standard InChI is InChI=1S/C22H22N6O2S/c1-30-17-11-28-14(5-6-25-28)10-16(17)26-20-19-15-4-3-13(22(29)27-7-2-8-27)9-18(15)31-21(19)24-12-23-20/h5-6,10-13H,2-4,7-9H2,1H3,(H,23,24,26)/t13-/m0/s1. The number of carbonyl (C=O) groups is 1. The second-order valence-corrected chi connectivity index (χ2v) is 9.19. The van der Waals surface area contributed by atoms with E-state index in [1.165, 1.54) is 10.4 Å². The van der Waals surface area contributed by atoms with Gasteiger partial charge in [-0.25, -0.2) is 14.5 Å². The Morgan fingerprint density at radius 1 is 1.32 bits per heavy atom. The normalized spacial score (nSPS) is 18.1. The fourth-order valence-corrected chi connectivity index (χ4v) is 5.81. The first kappa shape index (κ1) is 18.6. The van der Waals surface area contributed by atoms with E-state index in [0.29, 0.717) is 11.7 Å². The molecule has 8 nitrogen and oxygen atoms in total. The Bertz CT molecular complexity index is 1310. The lowest BCUT2D eigenvalue weighted by Gasteiger charge is -2.35. The highest BCUT2D eigenvalue weighted by atomic mass is 32.1. The number of ether oxygens (including phenoxy) is 1. The molecular weight excluding hydrogens is 412 g/mol. The van der Waals surface area contributed by atoms with Crippen molar-refractivity contribution in [2.24, 2.45) is 5.92 Å². The number of amides is 1. The van der Waals surface area contributed by atoms with Crippen molar-refractivity contribution in [3.63, 3.8) is 0 Å². The Morgan fingerprint density at radius 3 is 3.03 bits per heavy atom. The molecular formula is C22H22N6O2S. The molecule has 1 atom stereocenters. The maximum absolute atomic E-state index is 12.7. The summed E-state index contributed by atoms with van der Waals surface area (Å²) in [5.74, 6) is 1.87. The molecule has 4 aromatic heterocycles. The highest BCUT2D eigenvalue weighted by Gasteiger charge is 2.33. The number of thiophene rings is 1. The smallest absolute Gasteiger partial charge is 0.226 e. The maximum Gasteiger partial charge on any atom is 0.226 e. The number of nitrogens with one attached hydrogen (secondary N) is 1. The summed E-state index contributed by atoms with van der Waals surface area (Å²) in [6.45, 7) is 1.83. The summed E-state index contributed by atoms with van der Waals surface area (Å²) in [5.41, 5.74) is 3.07. The molecule has 1 fully saturated rings. The van der Waals surface area contributed by atoms with Crippen molar-refractivity contribution in [1.29, 1.82) is 0 Å². The molecule has 0 aromatic carbocycles. The largest absolute Gasteiger partial charge is 0.493 e. The van der Waals surface area contributed by atoms with Crippen LogP contribution in [0.4, 0.5) is 11.5 Å². The fourth-order valence-electron chi connectivity index (χ4n) is 4.54. The van der Waals surface area contributed by atoms with Gasteiger partial charge >= 0.3 is 0 Å². The van der Waals surface area contributed by atoms with Crippen molar-refractivity contribution >= 4 is 44.5 Å². The molecule has 0 unspecified atom stereocenters. The number of hydrogen-bond acceptors (Lipinski definition) is 7. The minimum atomic E-state index is 0.0922. The second-order valence-electron chi connectivity index (χ2n) is 8.11. The van der Waals surface area contributed by atoms with Crippen LogP contribution in [-0.2, 0) is 17.6 Å². The predicted molar refractivity (Wildman–Crippen MR) is 119 cm³/mol. The molecule has 0 radical (unpaired) electrons. The molecule has 1 aliphatic carbocycles. The predicted octanol–water partition coefficient (Wildman–Crippen LogP) is 3.43. The van der Waals surface area contributed by atoms with Gasteiger partial charge in [0.1, 0.15) is 17.0 Å². The molecule has 4 aromatic rings. The highest BCUT2D eigenvalue weighted by molar-refractivity contribution is 7.19. The third kappa shape index (κ3) is 3.03. The number of likely N-dealkylation sites (tertiary alicyclic amines) is 1. The van der Waals surface area contributed by atoms with Crippen LogP contribution in [0.25, 0.3) is 15.7 Å². The van der Waals surface area contributed by atoms with Crippen molar-refractivity contribution in [2.45, 2.75) is 25.7 Å². The van der Waals surface area contributed by atoms with Gasteiger partial charge in [-0.15, -0.1) is 11.3 Å².